The molecule has 0 bridgehead atoms. The van der Waals surface area contributed by atoms with Crippen LogP contribution in [0.5, 0.6) is 0 Å². The van der Waals surface area contributed by atoms with Crippen molar-refractivity contribution in [2.24, 2.45) is 5.92 Å². The molecule has 1 aromatic carbocycles. The van der Waals surface area contributed by atoms with Crippen LogP contribution in [0, 0.1) is 12.8 Å². The second-order valence-electron chi connectivity index (χ2n) is 7.91. The first-order valence-corrected chi connectivity index (χ1v) is 11.9. The van der Waals surface area contributed by atoms with Crippen LogP contribution in [0.4, 0.5) is 5.69 Å². The molecule has 5 nitrogen and oxygen atoms in total. The Morgan fingerprint density at radius 2 is 1.81 bits per heavy atom. The number of nitrogens with zero attached hydrogens (tertiary/aromatic N) is 1. The maximum Gasteiger partial charge on any atom is 0.243 e. The van der Waals surface area contributed by atoms with Gasteiger partial charge in [-0.1, -0.05) is 32.3 Å². The summed E-state index contributed by atoms with van der Waals surface area (Å²) in [5, 5.41) is 7.23. The van der Waals surface area contributed by atoms with Crippen molar-refractivity contribution >= 4 is 33.0 Å². The average molecular weight is 410 g/mol. The van der Waals surface area contributed by atoms with Crippen LogP contribution in [0.3, 0.4) is 0 Å². The molecule has 0 spiro atoms. The van der Waals surface area contributed by atoms with Crippen molar-refractivity contribution in [2.75, 3.05) is 18.4 Å². The molecule has 1 aliphatic carbocycles. The zero-order valence-corrected chi connectivity index (χ0v) is 18.0. The van der Waals surface area contributed by atoms with Crippen molar-refractivity contribution < 1.29 is 8.42 Å². The summed E-state index contributed by atoms with van der Waals surface area (Å²) in [6, 6.07) is 5.66. The van der Waals surface area contributed by atoms with E-state index in [0.717, 1.165) is 36.9 Å². The van der Waals surface area contributed by atoms with Crippen molar-refractivity contribution in [3.8, 4) is 0 Å². The highest BCUT2D eigenvalue weighted by atomic mass is 32.2. The molecular formula is C20H31N3O2S2. The number of thiocarbonyl (C=S) groups is 1. The van der Waals surface area contributed by atoms with E-state index in [-0.39, 0.29) is 0 Å². The van der Waals surface area contributed by atoms with Crippen molar-refractivity contribution in [1.29, 1.82) is 0 Å². The van der Waals surface area contributed by atoms with Gasteiger partial charge in [0.05, 0.1) is 4.90 Å². The number of rotatable bonds is 4. The van der Waals surface area contributed by atoms with Crippen molar-refractivity contribution in [3.05, 3.63) is 23.8 Å². The third-order valence-electron chi connectivity index (χ3n) is 5.84. The van der Waals surface area contributed by atoms with Gasteiger partial charge in [0, 0.05) is 24.8 Å². The van der Waals surface area contributed by atoms with Crippen LogP contribution in [0.25, 0.3) is 0 Å². The van der Waals surface area contributed by atoms with E-state index in [0.29, 0.717) is 35.1 Å². The third kappa shape index (κ3) is 5.00. The van der Waals surface area contributed by atoms with Gasteiger partial charge in [-0.15, -0.1) is 0 Å². The van der Waals surface area contributed by atoms with Gasteiger partial charge in [0.15, 0.2) is 5.11 Å². The summed E-state index contributed by atoms with van der Waals surface area (Å²) >= 11 is 5.51. The molecule has 0 aromatic heterocycles. The van der Waals surface area contributed by atoms with E-state index in [1.54, 1.807) is 16.4 Å². The molecule has 7 heteroatoms. The lowest BCUT2D eigenvalue weighted by atomic mass is 9.86. The Labute approximate surface area is 169 Å². The van der Waals surface area contributed by atoms with Crippen LogP contribution in [-0.2, 0) is 10.0 Å². The number of nitrogens with one attached hydrogen (secondary N) is 2. The number of aryl methyl sites for hydroxylation is 1. The molecule has 2 N–H and O–H groups in total. The van der Waals surface area contributed by atoms with E-state index >= 15 is 0 Å². The first kappa shape index (κ1) is 20.6. The molecule has 2 aliphatic rings. The van der Waals surface area contributed by atoms with E-state index in [2.05, 4.69) is 17.6 Å². The highest BCUT2D eigenvalue weighted by molar-refractivity contribution is 7.89. The second kappa shape index (κ2) is 8.88. The van der Waals surface area contributed by atoms with Crippen LogP contribution >= 0.6 is 12.2 Å². The second-order valence-corrected chi connectivity index (χ2v) is 10.3. The molecular weight excluding hydrogens is 378 g/mol. The van der Waals surface area contributed by atoms with Gasteiger partial charge in [-0.3, -0.25) is 0 Å². The van der Waals surface area contributed by atoms with Gasteiger partial charge in [0.1, 0.15) is 0 Å². The molecule has 2 fully saturated rings. The zero-order chi connectivity index (χ0) is 19.4. The predicted octanol–water partition coefficient (Wildman–Crippen LogP) is 4.03. The summed E-state index contributed by atoms with van der Waals surface area (Å²) in [5.41, 5.74) is 1.74. The molecule has 1 saturated heterocycles. The first-order valence-electron chi connectivity index (χ1n) is 10.1. The Bertz CT molecular complexity index is 773. The smallest absolute Gasteiger partial charge is 0.243 e. The Morgan fingerprint density at radius 3 is 2.52 bits per heavy atom. The minimum Gasteiger partial charge on any atom is -0.359 e. The van der Waals surface area contributed by atoms with E-state index in [4.69, 9.17) is 12.2 Å². The Hall–Kier alpha value is -1.18. The number of hydrogen-bond acceptors (Lipinski definition) is 3. The highest BCUT2D eigenvalue weighted by Gasteiger charge is 2.27. The zero-order valence-electron chi connectivity index (χ0n) is 16.3. The van der Waals surface area contributed by atoms with Gasteiger partial charge < -0.3 is 10.6 Å². The van der Waals surface area contributed by atoms with E-state index in [1.165, 1.54) is 19.3 Å². The van der Waals surface area contributed by atoms with Crippen LogP contribution in [0.2, 0.25) is 0 Å². The van der Waals surface area contributed by atoms with Gasteiger partial charge >= 0.3 is 0 Å². The summed E-state index contributed by atoms with van der Waals surface area (Å²) in [6.07, 6.45) is 7.84. The van der Waals surface area contributed by atoms with Gasteiger partial charge in [-0.25, -0.2) is 8.42 Å². The van der Waals surface area contributed by atoms with Crippen LogP contribution in [0.1, 0.15) is 57.4 Å². The van der Waals surface area contributed by atoms with Gasteiger partial charge in [0.2, 0.25) is 10.0 Å². The minimum atomic E-state index is -3.44. The molecule has 2 atom stereocenters. The molecule has 150 valence electrons. The van der Waals surface area contributed by atoms with Crippen molar-refractivity contribution in [2.45, 2.75) is 69.7 Å². The lowest BCUT2D eigenvalue weighted by molar-refractivity contribution is 0.309. The molecule has 0 amide bonds. The topological polar surface area (TPSA) is 61.4 Å². The highest BCUT2D eigenvalue weighted by Crippen LogP contribution is 2.26. The molecule has 1 saturated carbocycles. The maximum atomic E-state index is 12.9. The Morgan fingerprint density at radius 1 is 1.11 bits per heavy atom. The summed E-state index contributed by atoms with van der Waals surface area (Å²) in [6.45, 7) is 5.44. The molecule has 0 radical (unpaired) electrons. The average Bonchev–Trinajstić information content (AvgIpc) is 2.66. The number of piperidine rings is 1. The van der Waals surface area contributed by atoms with E-state index in [9.17, 15) is 8.42 Å². The summed E-state index contributed by atoms with van der Waals surface area (Å²) in [5.74, 6) is 0.602. The third-order valence-corrected chi connectivity index (χ3v) is 7.95. The quantitative estimate of drug-likeness (QED) is 0.735. The summed E-state index contributed by atoms with van der Waals surface area (Å²) in [4.78, 5) is 0.339. The molecule has 3 rings (SSSR count). The normalized spacial score (nSPS) is 24.4. The maximum absolute atomic E-state index is 12.9. The number of sulfonamides is 1. The fraction of sp³-hybridized carbons (Fsp3) is 0.650. The number of anilines is 1. The van der Waals surface area contributed by atoms with Crippen molar-refractivity contribution in [1.82, 2.24) is 9.62 Å². The standard InChI is InChI=1S/C20H31N3O2S2/c1-15-8-4-5-9-18(15)21-20(26)22-19-14-17(11-10-16(19)2)27(24,25)23-12-6-3-7-13-23/h10-11,14-15,18H,3-9,12-13H2,1-2H3,(H2,21,22,26)/t15-,18-/m1/s1. The van der Waals surface area contributed by atoms with Crippen LogP contribution in [0.15, 0.2) is 23.1 Å². The fourth-order valence-corrected chi connectivity index (χ4v) is 5.81. The predicted molar refractivity (Wildman–Crippen MR) is 115 cm³/mol. The SMILES string of the molecule is Cc1ccc(S(=O)(=O)N2CCCCC2)cc1NC(=S)N[C@@H]1CCCC[C@H]1C. The lowest BCUT2D eigenvalue weighted by Crippen LogP contribution is -2.43. The first-order chi connectivity index (χ1) is 12.9. The Balaban J connectivity index is 1.72. The van der Waals surface area contributed by atoms with Crippen molar-refractivity contribution in [3.63, 3.8) is 0 Å². The molecule has 0 unspecified atom stereocenters. The molecule has 1 aliphatic heterocycles. The largest absolute Gasteiger partial charge is 0.359 e. The monoisotopic (exact) mass is 409 g/mol. The molecule has 1 heterocycles. The van der Waals surface area contributed by atoms with Gasteiger partial charge in [-0.05, 0) is 68.4 Å². The summed E-state index contributed by atoms with van der Waals surface area (Å²) < 4.78 is 27.5. The van der Waals surface area contributed by atoms with E-state index in [1.807, 2.05) is 13.0 Å². The van der Waals surface area contributed by atoms with Crippen LogP contribution in [-0.4, -0.2) is 37.0 Å². The van der Waals surface area contributed by atoms with Gasteiger partial charge in [0.25, 0.3) is 0 Å². The molecule has 27 heavy (non-hydrogen) atoms. The van der Waals surface area contributed by atoms with E-state index < -0.39 is 10.0 Å². The van der Waals surface area contributed by atoms with Crippen LogP contribution < -0.4 is 10.6 Å². The molecule has 1 aromatic rings. The lowest BCUT2D eigenvalue weighted by Gasteiger charge is -2.30. The number of hydrogen-bond donors (Lipinski definition) is 2. The van der Waals surface area contributed by atoms with Gasteiger partial charge in [-0.2, -0.15) is 4.31 Å². The number of benzene rings is 1. The fourth-order valence-electron chi connectivity index (χ4n) is 4.01. The Kier molecular flexibility index (Phi) is 6.76. The minimum absolute atomic E-state index is 0.339. The summed E-state index contributed by atoms with van der Waals surface area (Å²) in [7, 11) is -3.44.